The highest BCUT2D eigenvalue weighted by molar-refractivity contribution is 5.73. The molecule has 3 heteroatoms. The quantitative estimate of drug-likeness (QED) is 0.489. The lowest BCUT2D eigenvalue weighted by molar-refractivity contribution is -0.148. The van der Waals surface area contributed by atoms with Crippen LogP contribution >= 0.6 is 0 Å². The van der Waals surface area contributed by atoms with Crippen molar-refractivity contribution < 1.29 is 9.53 Å². The van der Waals surface area contributed by atoms with Crippen molar-refractivity contribution in [3.05, 3.63) is 12.2 Å². The number of ether oxygens (including phenoxy) is 1. The van der Waals surface area contributed by atoms with E-state index < -0.39 is 0 Å². The molecule has 0 radical (unpaired) electrons. The fraction of sp³-hybridized carbons (Fsp3) is 0.667. The van der Waals surface area contributed by atoms with Gasteiger partial charge in [-0.3, -0.25) is 4.79 Å². The molecular formula is C9H15NO2. The SMILES string of the molecule is C=C1CNCC(C(=O)OCC)C1. The molecule has 68 valence electrons. The summed E-state index contributed by atoms with van der Waals surface area (Å²) in [5.41, 5.74) is 1.08. The summed E-state index contributed by atoms with van der Waals surface area (Å²) in [6.07, 6.45) is 0.770. The molecule has 0 aliphatic carbocycles. The Balaban J connectivity index is 2.40. The van der Waals surface area contributed by atoms with E-state index in [1.54, 1.807) is 0 Å². The van der Waals surface area contributed by atoms with E-state index in [0.717, 1.165) is 25.1 Å². The largest absolute Gasteiger partial charge is 0.466 e. The van der Waals surface area contributed by atoms with Gasteiger partial charge in [-0.25, -0.2) is 0 Å². The summed E-state index contributed by atoms with van der Waals surface area (Å²) >= 11 is 0. The minimum atomic E-state index is -0.106. The lowest BCUT2D eigenvalue weighted by Gasteiger charge is -2.22. The first-order valence-electron chi connectivity index (χ1n) is 4.28. The van der Waals surface area contributed by atoms with Gasteiger partial charge in [0.15, 0.2) is 0 Å². The number of piperidine rings is 1. The molecular weight excluding hydrogens is 154 g/mol. The van der Waals surface area contributed by atoms with E-state index in [1.807, 2.05) is 6.92 Å². The highest BCUT2D eigenvalue weighted by Crippen LogP contribution is 2.14. The molecule has 1 rings (SSSR count). The Morgan fingerprint density at radius 3 is 3.17 bits per heavy atom. The standard InChI is InChI=1S/C9H15NO2/c1-3-12-9(11)8-4-7(2)5-10-6-8/h8,10H,2-6H2,1H3. The highest BCUT2D eigenvalue weighted by atomic mass is 16.5. The van der Waals surface area contributed by atoms with Crippen LogP contribution in [-0.4, -0.2) is 25.7 Å². The Hall–Kier alpha value is -0.830. The second kappa shape index (κ2) is 4.26. The number of hydrogen-bond donors (Lipinski definition) is 1. The van der Waals surface area contributed by atoms with Gasteiger partial charge in [0.05, 0.1) is 12.5 Å². The van der Waals surface area contributed by atoms with Crippen LogP contribution in [0, 0.1) is 5.92 Å². The van der Waals surface area contributed by atoms with Gasteiger partial charge in [0, 0.05) is 13.1 Å². The number of nitrogens with one attached hydrogen (secondary N) is 1. The maximum atomic E-state index is 11.2. The summed E-state index contributed by atoms with van der Waals surface area (Å²) in [6.45, 7) is 7.67. The molecule has 1 N–H and O–H groups in total. The van der Waals surface area contributed by atoms with Gasteiger partial charge in [0.2, 0.25) is 0 Å². The Morgan fingerprint density at radius 1 is 1.83 bits per heavy atom. The van der Waals surface area contributed by atoms with Crippen LogP contribution in [0.1, 0.15) is 13.3 Å². The summed E-state index contributed by atoms with van der Waals surface area (Å²) in [5.74, 6) is -0.128. The lowest BCUT2D eigenvalue weighted by atomic mass is 9.97. The summed E-state index contributed by atoms with van der Waals surface area (Å²) < 4.78 is 4.91. The Kier molecular flexibility index (Phi) is 3.29. The zero-order valence-corrected chi connectivity index (χ0v) is 7.43. The smallest absolute Gasteiger partial charge is 0.310 e. The Bertz CT molecular complexity index is 189. The third-order valence-electron chi connectivity index (χ3n) is 1.92. The van der Waals surface area contributed by atoms with Crippen LogP contribution in [0.2, 0.25) is 0 Å². The van der Waals surface area contributed by atoms with Gasteiger partial charge in [-0.1, -0.05) is 12.2 Å². The number of carbonyl (C=O) groups excluding carboxylic acids is 1. The lowest BCUT2D eigenvalue weighted by Crippen LogP contribution is -2.36. The molecule has 0 aromatic carbocycles. The van der Waals surface area contributed by atoms with Crippen molar-refractivity contribution in [2.24, 2.45) is 5.92 Å². The average Bonchev–Trinajstić information content (AvgIpc) is 2.05. The van der Waals surface area contributed by atoms with Crippen LogP contribution in [0.25, 0.3) is 0 Å². The molecule has 1 aliphatic heterocycles. The van der Waals surface area contributed by atoms with Gasteiger partial charge in [-0.05, 0) is 13.3 Å². The van der Waals surface area contributed by atoms with Crippen LogP contribution in [0.15, 0.2) is 12.2 Å². The summed E-state index contributed by atoms with van der Waals surface area (Å²) in [6, 6.07) is 0. The van der Waals surface area contributed by atoms with Crippen molar-refractivity contribution in [1.29, 1.82) is 0 Å². The molecule has 0 aromatic heterocycles. The first kappa shape index (κ1) is 9.26. The molecule has 1 atom stereocenters. The second-order valence-corrected chi connectivity index (χ2v) is 3.03. The first-order chi connectivity index (χ1) is 5.74. The molecule has 0 saturated carbocycles. The van der Waals surface area contributed by atoms with Crippen molar-refractivity contribution in [2.45, 2.75) is 13.3 Å². The maximum Gasteiger partial charge on any atom is 0.310 e. The molecule has 1 unspecified atom stereocenters. The topological polar surface area (TPSA) is 38.3 Å². The Morgan fingerprint density at radius 2 is 2.58 bits per heavy atom. The fourth-order valence-corrected chi connectivity index (χ4v) is 1.34. The van der Waals surface area contributed by atoms with Crippen LogP contribution in [0.5, 0.6) is 0 Å². The van der Waals surface area contributed by atoms with Crippen molar-refractivity contribution >= 4 is 5.97 Å². The van der Waals surface area contributed by atoms with Crippen LogP contribution in [-0.2, 0) is 9.53 Å². The van der Waals surface area contributed by atoms with Gasteiger partial charge in [-0.15, -0.1) is 0 Å². The molecule has 1 aliphatic rings. The van der Waals surface area contributed by atoms with Gasteiger partial charge < -0.3 is 10.1 Å². The van der Waals surface area contributed by atoms with Crippen LogP contribution in [0.3, 0.4) is 0 Å². The minimum absolute atomic E-state index is 0.0220. The van der Waals surface area contributed by atoms with Crippen LogP contribution < -0.4 is 5.32 Å². The van der Waals surface area contributed by atoms with E-state index in [4.69, 9.17) is 4.74 Å². The molecule has 3 nitrogen and oxygen atoms in total. The van der Waals surface area contributed by atoms with Crippen LogP contribution in [0.4, 0.5) is 0 Å². The maximum absolute atomic E-state index is 11.2. The predicted octanol–water partition coefficient (Wildman–Crippen LogP) is 0.715. The number of esters is 1. The molecule has 1 saturated heterocycles. The van der Waals surface area contributed by atoms with Crippen molar-refractivity contribution in [2.75, 3.05) is 19.7 Å². The second-order valence-electron chi connectivity index (χ2n) is 3.03. The minimum Gasteiger partial charge on any atom is -0.466 e. The van der Waals surface area contributed by atoms with Gasteiger partial charge >= 0.3 is 5.97 Å². The van der Waals surface area contributed by atoms with E-state index in [9.17, 15) is 4.79 Å². The molecule has 0 amide bonds. The number of carbonyl (C=O) groups is 1. The van der Waals surface area contributed by atoms with Crippen molar-refractivity contribution in [1.82, 2.24) is 5.32 Å². The molecule has 1 heterocycles. The molecule has 0 bridgehead atoms. The van der Waals surface area contributed by atoms with Gasteiger partial charge in [0.1, 0.15) is 0 Å². The van der Waals surface area contributed by atoms with Crippen molar-refractivity contribution in [3.63, 3.8) is 0 Å². The average molecular weight is 169 g/mol. The molecule has 1 fully saturated rings. The molecule has 12 heavy (non-hydrogen) atoms. The summed E-state index contributed by atoms with van der Waals surface area (Å²) in [7, 11) is 0. The predicted molar refractivity (Wildman–Crippen MR) is 46.7 cm³/mol. The van der Waals surface area contributed by atoms with Gasteiger partial charge in [-0.2, -0.15) is 0 Å². The fourth-order valence-electron chi connectivity index (χ4n) is 1.34. The monoisotopic (exact) mass is 169 g/mol. The van der Waals surface area contributed by atoms with E-state index in [1.165, 1.54) is 0 Å². The third kappa shape index (κ3) is 2.34. The third-order valence-corrected chi connectivity index (χ3v) is 1.92. The number of rotatable bonds is 2. The van der Waals surface area contributed by atoms with E-state index in [-0.39, 0.29) is 11.9 Å². The summed E-state index contributed by atoms with van der Waals surface area (Å²) in [5, 5.41) is 3.12. The highest BCUT2D eigenvalue weighted by Gasteiger charge is 2.23. The van der Waals surface area contributed by atoms with E-state index in [0.29, 0.717) is 6.61 Å². The van der Waals surface area contributed by atoms with E-state index >= 15 is 0 Å². The normalized spacial score (nSPS) is 23.8. The summed E-state index contributed by atoms with van der Waals surface area (Å²) in [4.78, 5) is 11.2. The van der Waals surface area contributed by atoms with E-state index in [2.05, 4.69) is 11.9 Å². The van der Waals surface area contributed by atoms with Crippen molar-refractivity contribution in [3.8, 4) is 0 Å². The first-order valence-corrected chi connectivity index (χ1v) is 4.28. The Labute approximate surface area is 72.8 Å². The number of hydrogen-bond acceptors (Lipinski definition) is 3. The molecule has 0 spiro atoms. The zero-order chi connectivity index (χ0) is 8.97. The van der Waals surface area contributed by atoms with Gasteiger partial charge in [0.25, 0.3) is 0 Å². The zero-order valence-electron chi connectivity index (χ0n) is 7.43. The molecule has 0 aromatic rings.